The number of hydrogen-bond donors (Lipinski definition) is 1. The van der Waals surface area contributed by atoms with Gasteiger partial charge in [0.25, 0.3) is 0 Å². The van der Waals surface area contributed by atoms with Crippen LogP contribution < -0.4 is 5.73 Å². The Hall–Kier alpha value is -1.04. The highest BCUT2D eigenvalue weighted by molar-refractivity contribution is 7.05. The molecule has 0 aliphatic carbocycles. The van der Waals surface area contributed by atoms with Gasteiger partial charge in [0, 0.05) is 11.1 Å². The highest BCUT2D eigenvalue weighted by Crippen LogP contribution is 2.26. The number of rotatable bonds is 5. The van der Waals surface area contributed by atoms with Crippen molar-refractivity contribution in [2.75, 3.05) is 0 Å². The molecule has 0 radical (unpaired) electrons. The molecule has 1 aromatic heterocycles. The number of halogens is 2. The van der Waals surface area contributed by atoms with Gasteiger partial charge in [0.05, 0.1) is 10.6 Å². The molecule has 102 valence electrons. The summed E-state index contributed by atoms with van der Waals surface area (Å²) >= 11 is 7.34. The molecule has 2 aromatic rings. The molecule has 1 unspecified atom stereocenters. The first-order valence-electron chi connectivity index (χ1n) is 6.12. The Labute approximate surface area is 120 Å². The van der Waals surface area contributed by atoms with Crippen LogP contribution in [0, 0.1) is 5.82 Å². The van der Waals surface area contributed by atoms with E-state index in [1.165, 1.54) is 23.7 Å². The van der Waals surface area contributed by atoms with Gasteiger partial charge in [-0.25, -0.2) is 4.39 Å². The van der Waals surface area contributed by atoms with E-state index in [0.717, 1.165) is 29.0 Å². The topological polar surface area (TPSA) is 51.8 Å². The van der Waals surface area contributed by atoms with Crippen molar-refractivity contribution < 1.29 is 4.39 Å². The van der Waals surface area contributed by atoms with Crippen LogP contribution in [0.2, 0.25) is 5.02 Å². The quantitative estimate of drug-likeness (QED) is 0.919. The van der Waals surface area contributed by atoms with Gasteiger partial charge in [-0.3, -0.25) is 0 Å². The lowest BCUT2D eigenvalue weighted by atomic mass is 10.0. The lowest BCUT2D eigenvalue weighted by Crippen LogP contribution is -2.14. The summed E-state index contributed by atoms with van der Waals surface area (Å²) in [5, 5.41) is 4.51. The summed E-state index contributed by atoms with van der Waals surface area (Å²) in [6.07, 6.45) is 2.43. The Morgan fingerprint density at radius 2 is 2.26 bits per heavy atom. The minimum absolute atomic E-state index is 0.204. The molecule has 1 heterocycles. The van der Waals surface area contributed by atoms with Crippen LogP contribution in [0.15, 0.2) is 18.2 Å². The molecule has 2 rings (SSSR count). The molecule has 3 nitrogen and oxygen atoms in total. The number of hydrogen-bond acceptors (Lipinski definition) is 4. The zero-order valence-corrected chi connectivity index (χ0v) is 12.1. The fourth-order valence-corrected chi connectivity index (χ4v) is 2.86. The van der Waals surface area contributed by atoms with Gasteiger partial charge in [0.2, 0.25) is 0 Å². The summed E-state index contributed by atoms with van der Waals surface area (Å²) in [6.45, 7) is 2.09. The van der Waals surface area contributed by atoms with Crippen LogP contribution in [0.5, 0.6) is 0 Å². The van der Waals surface area contributed by atoms with Crippen molar-refractivity contribution in [2.45, 2.75) is 32.2 Å². The first-order valence-corrected chi connectivity index (χ1v) is 7.27. The van der Waals surface area contributed by atoms with Crippen molar-refractivity contribution in [2.24, 2.45) is 5.73 Å². The molecular weight excluding hydrogens is 285 g/mol. The smallest absolute Gasteiger partial charge is 0.124 e. The molecule has 0 bridgehead atoms. The molecule has 1 aromatic carbocycles. The zero-order chi connectivity index (χ0) is 13.8. The molecule has 19 heavy (non-hydrogen) atoms. The fraction of sp³-hybridized carbons (Fsp3) is 0.385. The third-order valence-corrected chi connectivity index (χ3v) is 4.11. The molecule has 6 heteroatoms. The van der Waals surface area contributed by atoms with Crippen LogP contribution in [0.3, 0.4) is 0 Å². The van der Waals surface area contributed by atoms with Crippen molar-refractivity contribution in [1.82, 2.24) is 9.59 Å². The Bertz CT molecular complexity index is 559. The summed E-state index contributed by atoms with van der Waals surface area (Å²) < 4.78 is 16.9. The van der Waals surface area contributed by atoms with Crippen LogP contribution in [0.4, 0.5) is 4.39 Å². The van der Waals surface area contributed by atoms with Crippen LogP contribution >= 0.6 is 23.1 Å². The Morgan fingerprint density at radius 3 is 2.95 bits per heavy atom. The van der Waals surface area contributed by atoms with Crippen LogP contribution in [-0.2, 0) is 12.8 Å². The summed E-state index contributed by atoms with van der Waals surface area (Å²) in [5.41, 5.74) is 7.98. The van der Waals surface area contributed by atoms with E-state index in [0.29, 0.717) is 11.4 Å². The van der Waals surface area contributed by atoms with Crippen molar-refractivity contribution >= 4 is 23.1 Å². The Morgan fingerprint density at radius 1 is 1.47 bits per heavy atom. The normalized spacial score (nSPS) is 12.6. The largest absolute Gasteiger partial charge is 0.323 e. The molecule has 0 aliphatic heterocycles. The second-order valence-corrected chi connectivity index (χ2v) is 5.57. The van der Waals surface area contributed by atoms with E-state index in [2.05, 4.69) is 16.5 Å². The van der Waals surface area contributed by atoms with Gasteiger partial charge in [0.1, 0.15) is 5.82 Å². The molecule has 1 atom stereocenters. The van der Waals surface area contributed by atoms with E-state index < -0.39 is 0 Å². The van der Waals surface area contributed by atoms with Gasteiger partial charge >= 0.3 is 0 Å². The molecule has 0 amide bonds. The van der Waals surface area contributed by atoms with Gasteiger partial charge in [-0.1, -0.05) is 35.5 Å². The molecular formula is C13H15ClFN3S. The van der Waals surface area contributed by atoms with Gasteiger partial charge in [-0.2, -0.15) is 0 Å². The molecule has 2 N–H and O–H groups in total. The molecule has 0 saturated carbocycles. The fourth-order valence-electron chi connectivity index (χ4n) is 1.92. The lowest BCUT2D eigenvalue weighted by Gasteiger charge is -2.12. The van der Waals surface area contributed by atoms with Crippen molar-refractivity contribution in [3.8, 4) is 0 Å². The third kappa shape index (κ3) is 3.49. The zero-order valence-electron chi connectivity index (χ0n) is 10.6. The minimum Gasteiger partial charge on any atom is -0.323 e. The number of aromatic nitrogens is 2. The van der Waals surface area contributed by atoms with E-state index in [4.69, 9.17) is 17.3 Å². The third-order valence-electron chi connectivity index (χ3n) is 2.86. The van der Waals surface area contributed by atoms with Crippen molar-refractivity contribution in [1.29, 1.82) is 0 Å². The number of nitrogens with zero attached hydrogens (tertiary/aromatic N) is 2. The van der Waals surface area contributed by atoms with E-state index in [9.17, 15) is 4.39 Å². The second-order valence-electron chi connectivity index (χ2n) is 4.38. The summed E-state index contributed by atoms with van der Waals surface area (Å²) in [4.78, 5) is 0.988. The van der Waals surface area contributed by atoms with E-state index in [-0.39, 0.29) is 11.9 Å². The van der Waals surface area contributed by atoms with Crippen molar-refractivity contribution in [3.05, 3.63) is 45.2 Å². The van der Waals surface area contributed by atoms with Crippen LogP contribution in [0.1, 0.15) is 35.5 Å². The second kappa shape index (κ2) is 6.41. The highest BCUT2D eigenvalue weighted by atomic mass is 35.5. The first kappa shape index (κ1) is 14.4. The summed E-state index contributed by atoms with van der Waals surface area (Å²) in [7, 11) is 0. The Balaban J connectivity index is 2.16. The molecule has 0 fully saturated rings. The summed E-state index contributed by atoms with van der Waals surface area (Å²) in [6, 6.07) is 4.17. The van der Waals surface area contributed by atoms with E-state index >= 15 is 0 Å². The average molecular weight is 300 g/mol. The van der Waals surface area contributed by atoms with Crippen LogP contribution in [-0.4, -0.2) is 9.59 Å². The number of nitrogens with two attached hydrogens (primary N) is 1. The predicted molar refractivity (Wildman–Crippen MR) is 75.9 cm³/mol. The summed E-state index contributed by atoms with van der Waals surface area (Å²) in [5.74, 6) is -0.339. The lowest BCUT2D eigenvalue weighted by molar-refractivity contribution is 0.625. The number of benzene rings is 1. The van der Waals surface area contributed by atoms with E-state index in [1.807, 2.05) is 0 Å². The molecule has 0 saturated heterocycles. The minimum atomic E-state index is -0.339. The number of aryl methyl sites for hydroxylation is 1. The molecule has 0 spiro atoms. The Kier molecular flexibility index (Phi) is 4.85. The first-order chi connectivity index (χ1) is 9.11. The van der Waals surface area contributed by atoms with Crippen LogP contribution in [0.25, 0.3) is 0 Å². The van der Waals surface area contributed by atoms with Gasteiger partial charge in [-0.15, -0.1) is 5.10 Å². The highest BCUT2D eigenvalue weighted by Gasteiger charge is 2.17. The van der Waals surface area contributed by atoms with Gasteiger partial charge < -0.3 is 5.73 Å². The van der Waals surface area contributed by atoms with Crippen molar-refractivity contribution in [3.63, 3.8) is 0 Å². The van der Waals surface area contributed by atoms with E-state index in [1.54, 1.807) is 6.07 Å². The average Bonchev–Trinajstić information content (AvgIpc) is 2.81. The van der Waals surface area contributed by atoms with Gasteiger partial charge in [0.15, 0.2) is 0 Å². The molecule has 0 aliphatic rings. The maximum atomic E-state index is 13.0. The monoisotopic (exact) mass is 299 g/mol. The standard InChI is InChI=1S/C13H15ClFN3S/c1-2-3-12-13(19-18-17-12)11(16)6-8-4-5-9(15)7-10(8)14/h4-5,7,11H,2-3,6,16H2,1H3. The predicted octanol–water partition coefficient (Wildman–Crippen LogP) is 3.53. The maximum absolute atomic E-state index is 13.0. The maximum Gasteiger partial charge on any atom is 0.124 e. The SMILES string of the molecule is CCCc1nnsc1C(N)Cc1ccc(F)cc1Cl. The van der Waals surface area contributed by atoms with Gasteiger partial charge in [-0.05, 0) is 42.1 Å².